The summed E-state index contributed by atoms with van der Waals surface area (Å²) in [5, 5.41) is 22.0. The van der Waals surface area contributed by atoms with Crippen LogP contribution in [0, 0.1) is 17.0 Å². The smallest absolute Gasteiger partial charge is 0.329 e. The van der Waals surface area contributed by atoms with Crippen molar-refractivity contribution >= 4 is 17.6 Å². The standard InChI is InChI=1S/C12H14N2O6/c1-7-4-3-5-10(11(7)14(18)19)20-6-9(12(16)17)13-8(2)15/h3-5,9H,6H2,1-2H3,(H,13,15)(H,16,17). The molecule has 2 N–H and O–H groups in total. The van der Waals surface area contributed by atoms with Gasteiger partial charge in [-0.2, -0.15) is 0 Å². The number of carboxylic acids is 1. The van der Waals surface area contributed by atoms with E-state index < -0.39 is 29.4 Å². The lowest BCUT2D eigenvalue weighted by molar-refractivity contribution is -0.386. The molecule has 108 valence electrons. The maximum atomic E-state index is 10.9. The van der Waals surface area contributed by atoms with Crippen molar-refractivity contribution in [3.05, 3.63) is 33.9 Å². The summed E-state index contributed by atoms with van der Waals surface area (Å²) in [5.74, 6) is -1.85. The van der Waals surface area contributed by atoms with Gasteiger partial charge in [-0.1, -0.05) is 12.1 Å². The molecule has 0 heterocycles. The van der Waals surface area contributed by atoms with Crippen LogP contribution in [0.4, 0.5) is 5.69 Å². The zero-order valence-corrected chi connectivity index (χ0v) is 11.0. The number of carboxylic acid groups (broad SMARTS) is 1. The maximum Gasteiger partial charge on any atom is 0.329 e. The molecule has 0 radical (unpaired) electrons. The second kappa shape index (κ2) is 6.50. The van der Waals surface area contributed by atoms with E-state index in [4.69, 9.17) is 9.84 Å². The number of rotatable bonds is 6. The third-order valence-corrected chi connectivity index (χ3v) is 2.46. The van der Waals surface area contributed by atoms with Crippen LogP contribution in [-0.2, 0) is 9.59 Å². The van der Waals surface area contributed by atoms with Gasteiger partial charge in [-0.05, 0) is 13.0 Å². The summed E-state index contributed by atoms with van der Waals surface area (Å²) in [5.41, 5.74) is 0.179. The third-order valence-electron chi connectivity index (χ3n) is 2.46. The predicted molar refractivity (Wildman–Crippen MR) is 68.6 cm³/mol. The van der Waals surface area contributed by atoms with Crippen LogP contribution in [0.1, 0.15) is 12.5 Å². The fourth-order valence-electron chi connectivity index (χ4n) is 1.58. The van der Waals surface area contributed by atoms with E-state index in [1.807, 2.05) is 0 Å². The van der Waals surface area contributed by atoms with Crippen molar-refractivity contribution in [2.45, 2.75) is 19.9 Å². The molecule has 1 rings (SSSR count). The molecule has 1 amide bonds. The van der Waals surface area contributed by atoms with Gasteiger partial charge in [0, 0.05) is 12.5 Å². The van der Waals surface area contributed by atoms with Crippen molar-refractivity contribution in [2.24, 2.45) is 0 Å². The van der Waals surface area contributed by atoms with E-state index in [-0.39, 0.29) is 11.4 Å². The highest BCUT2D eigenvalue weighted by molar-refractivity contribution is 5.82. The van der Waals surface area contributed by atoms with Crippen LogP contribution in [0.25, 0.3) is 0 Å². The Hall–Kier alpha value is -2.64. The van der Waals surface area contributed by atoms with Crippen molar-refractivity contribution in [3.8, 4) is 5.75 Å². The SMILES string of the molecule is CC(=O)NC(COc1cccc(C)c1[N+](=O)[O-])C(=O)O. The number of amides is 1. The number of carbonyl (C=O) groups excluding carboxylic acids is 1. The van der Waals surface area contributed by atoms with Crippen LogP contribution >= 0.6 is 0 Å². The second-order valence-electron chi connectivity index (χ2n) is 4.08. The van der Waals surface area contributed by atoms with Crippen LogP contribution in [-0.4, -0.2) is 34.6 Å². The largest absolute Gasteiger partial charge is 0.484 e. The summed E-state index contributed by atoms with van der Waals surface area (Å²) in [4.78, 5) is 32.1. The number of aliphatic carboxylic acids is 1. The lowest BCUT2D eigenvalue weighted by Gasteiger charge is -2.14. The normalized spacial score (nSPS) is 11.5. The van der Waals surface area contributed by atoms with Crippen LogP contribution in [0.5, 0.6) is 5.75 Å². The molecule has 1 aromatic rings. The van der Waals surface area contributed by atoms with Gasteiger partial charge in [-0.25, -0.2) is 4.79 Å². The molecule has 20 heavy (non-hydrogen) atoms. The van der Waals surface area contributed by atoms with E-state index in [0.717, 1.165) is 0 Å². The number of ether oxygens (including phenoxy) is 1. The molecule has 0 spiro atoms. The van der Waals surface area contributed by atoms with Crippen molar-refractivity contribution in [3.63, 3.8) is 0 Å². The molecule has 0 saturated heterocycles. The summed E-state index contributed by atoms with van der Waals surface area (Å²) in [6.45, 7) is 2.32. The van der Waals surface area contributed by atoms with Gasteiger partial charge in [0.1, 0.15) is 6.61 Å². The number of carbonyl (C=O) groups is 2. The fraction of sp³-hybridized carbons (Fsp3) is 0.333. The van der Waals surface area contributed by atoms with Gasteiger partial charge in [0.05, 0.1) is 4.92 Å². The molecular formula is C12H14N2O6. The van der Waals surface area contributed by atoms with E-state index in [0.29, 0.717) is 5.56 Å². The molecule has 8 nitrogen and oxygen atoms in total. The Labute approximate surface area is 114 Å². The summed E-state index contributed by atoms with van der Waals surface area (Å²) >= 11 is 0. The monoisotopic (exact) mass is 282 g/mol. The Morgan fingerprint density at radius 1 is 1.50 bits per heavy atom. The van der Waals surface area contributed by atoms with Crippen molar-refractivity contribution < 1.29 is 24.4 Å². The minimum atomic E-state index is -1.28. The summed E-state index contributed by atoms with van der Waals surface area (Å²) in [6, 6.07) is 3.21. The summed E-state index contributed by atoms with van der Waals surface area (Å²) < 4.78 is 5.17. The first-order chi connectivity index (χ1) is 9.32. The average Bonchev–Trinajstić information content (AvgIpc) is 2.33. The number of aryl methyl sites for hydroxylation is 1. The number of para-hydroxylation sites is 1. The Bertz CT molecular complexity index is 543. The molecule has 0 saturated carbocycles. The Kier molecular flexibility index (Phi) is 5.01. The van der Waals surface area contributed by atoms with Gasteiger partial charge < -0.3 is 15.2 Å². The van der Waals surface area contributed by atoms with Gasteiger partial charge in [-0.3, -0.25) is 14.9 Å². The highest BCUT2D eigenvalue weighted by Gasteiger charge is 2.23. The second-order valence-corrected chi connectivity index (χ2v) is 4.08. The molecule has 0 aromatic heterocycles. The van der Waals surface area contributed by atoms with Crippen molar-refractivity contribution in [2.75, 3.05) is 6.61 Å². The zero-order valence-electron chi connectivity index (χ0n) is 11.0. The summed E-state index contributed by atoms with van der Waals surface area (Å²) in [6.07, 6.45) is 0. The first-order valence-electron chi connectivity index (χ1n) is 5.69. The van der Waals surface area contributed by atoms with Crippen LogP contribution in [0.15, 0.2) is 18.2 Å². The number of hydrogen-bond donors (Lipinski definition) is 2. The average molecular weight is 282 g/mol. The van der Waals surface area contributed by atoms with Gasteiger partial charge in [0.2, 0.25) is 5.91 Å². The molecule has 0 aliphatic heterocycles. The van der Waals surface area contributed by atoms with Crippen molar-refractivity contribution in [1.82, 2.24) is 5.32 Å². The minimum Gasteiger partial charge on any atom is -0.484 e. The van der Waals surface area contributed by atoms with E-state index >= 15 is 0 Å². The lowest BCUT2D eigenvalue weighted by Crippen LogP contribution is -2.43. The zero-order chi connectivity index (χ0) is 15.3. The topological polar surface area (TPSA) is 119 Å². The predicted octanol–water partition coefficient (Wildman–Crippen LogP) is 0.871. The number of benzene rings is 1. The van der Waals surface area contributed by atoms with E-state index in [1.165, 1.54) is 13.0 Å². The van der Waals surface area contributed by atoms with Crippen molar-refractivity contribution in [1.29, 1.82) is 0 Å². The first kappa shape index (κ1) is 15.4. The molecule has 0 aliphatic rings. The van der Waals surface area contributed by atoms with Gasteiger partial charge in [0.25, 0.3) is 0 Å². The quantitative estimate of drug-likeness (QED) is 0.590. The fourth-order valence-corrected chi connectivity index (χ4v) is 1.58. The molecule has 0 bridgehead atoms. The van der Waals surface area contributed by atoms with Gasteiger partial charge >= 0.3 is 11.7 Å². The Balaban J connectivity index is 2.88. The van der Waals surface area contributed by atoms with Crippen LogP contribution in [0.3, 0.4) is 0 Å². The Morgan fingerprint density at radius 2 is 2.15 bits per heavy atom. The first-order valence-corrected chi connectivity index (χ1v) is 5.69. The Morgan fingerprint density at radius 3 is 2.65 bits per heavy atom. The number of hydrogen-bond acceptors (Lipinski definition) is 5. The van der Waals surface area contributed by atoms with E-state index in [2.05, 4.69) is 5.32 Å². The summed E-state index contributed by atoms with van der Waals surface area (Å²) in [7, 11) is 0. The highest BCUT2D eigenvalue weighted by atomic mass is 16.6. The van der Waals surface area contributed by atoms with Gasteiger partial charge in [-0.15, -0.1) is 0 Å². The molecule has 1 atom stereocenters. The number of nitro groups is 1. The molecule has 1 aromatic carbocycles. The molecule has 8 heteroatoms. The number of nitrogens with one attached hydrogen (secondary N) is 1. The number of nitrogens with zero attached hydrogens (tertiary/aromatic N) is 1. The number of nitro benzene ring substituents is 1. The van der Waals surface area contributed by atoms with Gasteiger partial charge in [0.15, 0.2) is 11.8 Å². The highest BCUT2D eigenvalue weighted by Crippen LogP contribution is 2.30. The maximum absolute atomic E-state index is 10.9. The molecular weight excluding hydrogens is 268 g/mol. The molecule has 0 aliphatic carbocycles. The lowest BCUT2D eigenvalue weighted by atomic mass is 10.2. The third kappa shape index (κ3) is 3.94. The molecule has 0 fully saturated rings. The van der Waals surface area contributed by atoms with Crippen LogP contribution < -0.4 is 10.1 Å². The van der Waals surface area contributed by atoms with E-state index in [1.54, 1.807) is 19.1 Å². The molecule has 1 unspecified atom stereocenters. The van der Waals surface area contributed by atoms with E-state index in [9.17, 15) is 19.7 Å². The van der Waals surface area contributed by atoms with Crippen LogP contribution in [0.2, 0.25) is 0 Å². The minimum absolute atomic E-state index is 0.0356.